The lowest BCUT2D eigenvalue weighted by Gasteiger charge is -2.07. The predicted molar refractivity (Wildman–Crippen MR) is 116 cm³/mol. The van der Waals surface area contributed by atoms with Crippen LogP contribution in [0.5, 0.6) is 0 Å². The van der Waals surface area contributed by atoms with E-state index in [2.05, 4.69) is 27.3 Å². The summed E-state index contributed by atoms with van der Waals surface area (Å²) in [5.41, 5.74) is 2.34. The maximum absolute atomic E-state index is 11.8. The molecule has 25 heavy (non-hydrogen) atoms. The van der Waals surface area contributed by atoms with Gasteiger partial charge in [0.25, 0.3) is 0 Å². The predicted octanol–water partition coefficient (Wildman–Crippen LogP) is 6.04. The summed E-state index contributed by atoms with van der Waals surface area (Å²) >= 11 is 18.8. The summed E-state index contributed by atoms with van der Waals surface area (Å²) in [5.74, 6) is 3.08. The van der Waals surface area contributed by atoms with Crippen LogP contribution >= 0.6 is 62.7 Å². The van der Waals surface area contributed by atoms with Crippen LogP contribution in [0.2, 0.25) is 10.0 Å². The summed E-state index contributed by atoms with van der Waals surface area (Å²) in [5, 5.41) is 4.10. The third kappa shape index (κ3) is 7.83. The highest BCUT2D eigenvalue weighted by Gasteiger charge is 2.04. The Kier molecular flexibility index (Phi) is 9.56. The van der Waals surface area contributed by atoms with Gasteiger partial charge in [0.15, 0.2) is 0 Å². The number of amides is 1. The van der Waals surface area contributed by atoms with Gasteiger partial charge in [-0.2, -0.15) is 11.8 Å². The average Bonchev–Trinajstić information content (AvgIpc) is 2.59. The fourth-order valence-electron chi connectivity index (χ4n) is 2.00. The third-order valence-electron chi connectivity index (χ3n) is 3.27. The van der Waals surface area contributed by atoms with E-state index in [1.54, 1.807) is 23.5 Å². The minimum absolute atomic E-state index is 0.0761. The molecule has 0 atom stereocenters. The van der Waals surface area contributed by atoms with Gasteiger partial charge in [-0.3, -0.25) is 4.79 Å². The number of benzene rings is 2. The molecule has 2 aromatic carbocycles. The highest BCUT2D eigenvalue weighted by Crippen LogP contribution is 2.24. The highest BCUT2D eigenvalue weighted by atomic mass is 79.9. The number of nitrogens with one attached hydrogen (secondary N) is 1. The molecule has 2 aromatic rings. The van der Waals surface area contributed by atoms with Crippen LogP contribution in [0.25, 0.3) is 0 Å². The molecule has 0 fully saturated rings. The van der Waals surface area contributed by atoms with E-state index in [-0.39, 0.29) is 5.91 Å². The van der Waals surface area contributed by atoms with Crippen LogP contribution in [0.4, 0.5) is 0 Å². The Balaban J connectivity index is 1.56. The van der Waals surface area contributed by atoms with Gasteiger partial charge in [-0.1, -0.05) is 63.4 Å². The van der Waals surface area contributed by atoms with Crippen molar-refractivity contribution in [3.05, 3.63) is 68.1 Å². The van der Waals surface area contributed by atoms with Gasteiger partial charge in [0.2, 0.25) is 5.91 Å². The smallest absolute Gasteiger partial charge is 0.230 e. The third-order valence-corrected chi connectivity index (χ3v) is 6.79. The first-order valence-corrected chi connectivity index (χ1v) is 11.5. The molecule has 0 aromatic heterocycles. The van der Waals surface area contributed by atoms with E-state index in [9.17, 15) is 4.79 Å². The zero-order valence-electron chi connectivity index (χ0n) is 13.4. The number of thioether (sulfide) groups is 2. The molecule has 0 aliphatic heterocycles. The van der Waals surface area contributed by atoms with Crippen molar-refractivity contribution in [1.82, 2.24) is 5.32 Å². The van der Waals surface area contributed by atoms with Crippen molar-refractivity contribution in [1.29, 1.82) is 0 Å². The number of hydrogen-bond donors (Lipinski definition) is 1. The van der Waals surface area contributed by atoms with Crippen LogP contribution in [-0.4, -0.2) is 24.0 Å². The first-order valence-electron chi connectivity index (χ1n) is 7.66. The van der Waals surface area contributed by atoms with Crippen LogP contribution in [0.1, 0.15) is 11.1 Å². The molecule has 7 heteroatoms. The summed E-state index contributed by atoms with van der Waals surface area (Å²) in [6.45, 7) is 0.667. The first-order chi connectivity index (χ1) is 12.1. The Morgan fingerprint density at radius 1 is 1.04 bits per heavy atom. The molecule has 134 valence electrons. The van der Waals surface area contributed by atoms with E-state index in [0.717, 1.165) is 27.3 Å². The first kappa shape index (κ1) is 21.0. The maximum Gasteiger partial charge on any atom is 0.230 e. The number of carbonyl (C=O) groups is 1. The van der Waals surface area contributed by atoms with Gasteiger partial charge < -0.3 is 5.32 Å². The van der Waals surface area contributed by atoms with Crippen molar-refractivity contribution >= 4 is 68.6 Å². The molecule has 2 rings (SSSR count). The summed E-state index contributed by atoms with van der Waals surface area (Å²) in [6, 6.07) is 13.7. The zero-order chi connectivity index (χ0) is 18.1. The molecule has 0 heterocycles. The van der Waals surface area contributed by atoms with Gasteiger partial charge in [-0.05, 0) is 29.3 Å². The highest BCUT2D eigenvalue weighted by molar-refractivity contribution is 9.10. The summed E-state index contributed by atoms with van der Waals surface area (Å²) in [7, 11) is 0. The fraction of sp³-hybridized carbons (Fsp3) is 0.278. The van der Waals surface area contributed by atoms with Crippen LogP contribution < -0.4 is 5.32 Å². The molecular formula is C18H18BrCl2NOS2. The molecular weight excluding hydrogens is 461 g/mol. The van der Waals surface area contributed by atoms with Crippen molar-refractivity contribution in [2.24, 2.45) is 0 Å². The minimum atomic E-state index is 0.0761. The van der Waals surface area contributed by atoms with E-state index in [0.29, 0.717) is 22.3 Å². The van der Waals surface area contributed by atoms with E-state index in [4.69, 9.17) is 23.2 Å². The Morgan fingerprint density at radius 2 is 1.84 bits per heavy atom. The topological polar surface area (TPSA) is 29.1 Å². The van der Waals surface area contributed by atoms with Crippen molar-refractivity contribution in [3.63, 3.8) is 0 Å². The molecule has 0 saturated heterocycles. The van der Waals surface area contributed by atoms with Gasteiger partial charge >= 0.3 is 0 Å². The van der Waals surface area contributed by atoms with Crippen LogP contribution in [0.15, 0.2) is 46.9 Å². The summed E-state index contributed by atoms with van der Waals surface area (Å²) in [6.07, 6.45) is 0. The molecule has 0 bridgehead atoms. The molecule has 1 N–H and O–H groups in total. The fourth-order valence-corrected chi connectivity index (χ4v) is 4.60. The normalized spacial score (nSPS) is 10.7. The van der Waals surface area contributed by atoms with E-state index in [1.807, 2.05) is 36.4 Å². The lowest BCUT2D eigenvalue weighted by atomic mass is 10.2. The summed E-state index contributed by atoms with van der Waals surface area (Å²) < 4.78 is 1.08. The Labute approximate surface area is 175 Å². The summed E-state index contributed by atoms with van der Waals surface area (Å²) in [4.78, 5) is 11.8. The maximum atomic E-state index is 11.8. The standard InChI is InChI=1S/C18H18BrCl2NOS2/c19-15-4-2-1-3-14(15)11-25-12-18(23)22-7-8-24-10-13-5-6-16(20)17(21)9-13/h1-6,9H,7-8,10-12H2,(H,22,23). The van der Waals surface area contributed by atoms with Gasteiger partial charge in [0.1, 0.15) is 0 Å². The zero-order valence-corrected chi connectivity index (χ0v) is 18.2. The van der Waals surface area contributed by atoms with E-state index < -0.39 is 0 Å². The molecule has 0 unspecified atom stereocenters. The van der Waals surface area contributed by atoms with Gasteiger partial charge in [-0.25, -0.2) is 0 Å². The van der Waals surface area contributed by atoms with E-state index >= 15 is 0 Å². The lowest BCUT2D eigenvalue weighted by molar-refractivity contribution is -0.118. The number of carbonyl (C=O) groups excluding carboxylic acids is 1. The minimum Gasteiger partial charge on any atom is -0.355 e. The SMILES string of the molecule is O=C(CSCc1ccccc1Br)NCCSCc1ccc(Cl)c(Cl)c1. The second kappa shape index (κ2) is 11.4. The van der Waals surface area contributed by atoms with Crippen molar-refractivity contribution in [3.8, 4) is 0 Å². The lowest BCUT2D eigenvalue weighted by Crippen LogP contribution is -2.27. The number of hydrogen-bond acceptors (Lipinski definition) is 3. The van der Waals surface area contributed by atoms with Crippen molar-refractivity contribution < 1.29 is 4.79 Å². The molecule has 2 nitrogen and oxygen atoms in total. The Morgan fingerprint density at radius 3 is 2.60 bits per heavy atom. The largest absolute Gasteiger partial charge is 0.355 e. The van der Waals surface area contributed by atoms with Crippen molar-refractivity contribution in [2.75, 3.05) is 18.1 Å². The molecule has 0 aliphatic carbocycles. The monoisotopic (exact) mass is 477 g/mol. The van der Waals surface area contributed by atoms with Gasteiger partial charge in [0.05, 0.1) is 15.8 Å². The van der Waals surface area contributed by atoms with Crippen LogP contribution in [0.3, 0.4) is 0 Å². The number of rotatable bonds is 9. The Bertz CT molecular complexity index is 715. The molecule has 0 aliphatic rings. The van der Waals surface area contributed by atoms with Crippen LogP contribution in [0, 0.1) is 0 Å². The molecule has 1 amide bonds. The van der Waals surface area contributed by atoms with E-state index in [1.165, 1.54) is 5.56 Å². The van der Waals surface area contributed by atoms with Gasteiger partial charge in [0, 0.05) is 28.3 Å². The molecule has 0 saturated carbocycles. The van der Waals surface area contributed by atoms with Gasteiger partial charge in [-0.15, -0.1) is 11.8 Å². The number of halogens is 3. The Hall–Kier alpha value is -0.330. The molecule has 0 radical (unpaired) electrons. The molecule has 0 spiro atoms. The van der Waals surface area contributed by atoms with Crippen molar-refractivity contribution in [2.45, 2.75) is 11.5 Å². The second-order valence-electron chi connectivity index (χ2n) is 5.24. The second-order valence-corrected chi connectivity index (χ2v) is 8.99. The average molecular weight is 479 g/mol. The quantitative estimate of drug-likeness (QED) is 0.445. The van der Waals surface area contributed by atoms with Crippen LogP contribution in [-0.2, 0) is 16.3 Å².